The van der Waals surface area contributed by atoms with Crippen molar-refractivity contribution in [3.05, 3.63) is 53.3 Å². The molecule has 0 saturated heterocycles. The minimum Gasteiger partial charge on any atom is -0.321 e. The molecule has 19 heavy (non-hydrogen) atoms. The highest BCUT2D eigenvalue weighted by Crippen LogP contribution is 2.41. The predicted molar refractivity (Wildman–Crippen MR) is 76.9 cm³/mol. The van der Waals surface area contributed by atoms with Gasteiger partial charge in [0.25, 0.3) is 0 Å². The molecule has 100 valence electrons. The van der Waals surface area contributed by atoms with Crippen molar-refractivity contribution < 1.29 is 0 Å². The summed E-state index contributed by atoms with van der Waals surface area (Å²) in [6.45, 7) is 2.29. The van der Waals surface area contributed by atoms with Gasteiger partial charge in [0.2, 0.25) is 0 Å². The minimum atomic E-state index is -0.266. The number of nitrogens with two attached hydrogens (primary N) is 1. The van der Waals surface area contributed by atoms with E-state index >= 15 is 0 Å². The Labute approximate surface area is 114 Å². The Morgan fingerprint density at radius 3 is 2.89 bits per heavy atom. The number of aryl methyl sites for hydroxylation is 1. The lowest BCUT2D eigenvalue weighted by atomic mass is 9.71. The Balaban J connectivity index is 1.98. The van der Waals surface area contributed by atoms with Crippen LogP contribution in [0.15, 0.2) is 36.5 Å². The van der Waals surface area contributed by atoms with Crippen LogP contribution in [0.1, 0.15) is 42.5 Å². The van der Waals surface area contributed by atoms with Crippen molar-refractivity contribution in [1.82, 2.24) is 9.78 Å². The summed E-state index contributed by atoms with van der Waals surface area (Å²) in [4.78, 5) is 0. The molecule has 3 heteroatoms. The molecule has 0 radical (unpaired) electrons. The smallest absolute Gasteiger partial charge is 0.0646 e. The van der Waals surface area contributed by atoms with Gasteiger partial charge < -0.3 is 5.73 Å². The van der Waals surface area contributed by atoms with Crippen LogP contribution < -0.4 is 5.73 Å². The maximum atomic E-state index is 6.72. The molecule has 0 spiro atoms. The molecule has 3 nitrogen and oxygen atoms in total. The lowest BCUT2D eigenvalue weighted by Crippen LogP contribution is -2.42. The van der Waals surface area contributed by atoms with Crippen LogP contribution in [0.4, 0.5) is 0 Å². The number of rotatable bonds is 2. The van der Waals surface area contributed by atoms with E-state index in [2.05, 4.69) is 42.4 Å². The van der Waals surface area contributed by atoms with E-state index in [1.807, 2.05) is 17.9 Å². The van der Waals surface area contributed by atoms with Gasteiger partial charge in [0, 0.05) is 25.2 Å². The number of nitrogens with zero attached hydrogens (tertiary/aromatic N) is 2. The van der Waals surface area contributed by atoms with Gasteiger partial charge in [0.05, 0.1) is 5.69 Å². The van der Waals surface area contributed by atoms with E-state index in [1.54, 1.807) is 0 Å². The summed E-state index contributed by atoms with van der Waals surface area (Å²) in [6, 6.07) is 10.7. The van der Waals surface area contributed by atoms with Crippen molar-refractivity contribution in [3.63, 3.8) is 0 Å². The molecular formula is C16H21N3. The zero-order chi connectivity index (χ0) is 13.5. The zero-order valence-corrected chi connectivity index (χ0v) is 11.6. The van der Waals surface area contributed by atoms with Crippen LogP contribution in [-0.2, 0) is 19.0 Å². The van der Waals surface area contributed by atoms with Crippen molar-refractivity contribution in [2.45, 2.75) is 37.6 Å². The monoisotopic (exact) mass is 255 g/mol. The molecule has 1 aromatic heterocycles. The highest BCUT2D eigenvalue weighted by Gasteiger charge is 2.35. The average Bonchev–Trinajstić information content (AvgIpc) is 2.80. The SMILES string of the molecule is CC1CCC(N)(Cc2ccn(C)n2)c2ccccc21. The first kappa shape index (κ1) is 12.4. The molecule has 0 fully saturated rings. The molecule has 3 rings (SSSR count). The normalized spacial score (nSPS) is 26.2. The summed E-state index contributed by atoms with van der Waals surface area (Å²) in [7, 11) is 1.95. The first-order chi connectivity index (χ1) is 9.08. The predicted octanol–water partition coefficient (Wildman–Crippen LogP) is 2.71. The van der Waals surface area contributed by atoms with Gasteiger partial charge in [0.1, 0.15) is 0 Å². The van der Waals surface area contributed by atoms with E-state index in [1.165, 1.54) is 11.1 Å². The van der Waals surface area contributed by atoms with Gasteiger partial charge >= 0.3 is 0 Å². The van der Waals surface area contributed by atoms with E-state index in [-0.39, 0.29) is 5.54 Å². The molecule has 1 heterocycles. The fourth-order valence-electron chi connectivity index (χ4n) is 3.21. The molecule has 2 atom stereocenters. The molecule has 1 aliphatic carbocycles. The maximum absolute atomic E-state index is 6.72. The van der Waals surface area contributed by atoms with Gasteiger partial charge in [-0.1, -0.05) is 31.2 Å². The van der Waals surface area contributed by atoms with Crippen molar-refractivity contribution in [2.75, 3.05) is 0 Å². The van der Waals surface area contributed by atoms with Gasteiger partial charge in [-0.05, 0) is 36.0 Å². The van der Waals surface area contributed by atoms with E-state index < -0.39 is 0 Å². The second-order valence-corrected chi connectivity index (χ2v) is 5.84. The fraction of sp³-hybridized carbons (Fsp3) is 0.438. The Morgan fingerprint density at radius 1 is 1.37 bits per heavy atom. The quantitative estimate of drug-likeness (QED) is 0.896. The molecule has 0 aliphatic heterocycles. The van der Waals surface area contributed by atoms with Gasteiger partial charge in [-0.3, -0.25) is 4.68 Å². The Kier molecular flexibility index (Phi) is 2.94. The standard InChI is InChI=1S/C16H21N3/c1-12-7-9-16(17,11-13-8-10-19(2)18-13)15-6-4-3-5-14(12)15/h3-6,8,10,12H,7,9,11,17H2,1-2H3. The van der Waals surface area contributed by atoms with Crippen molar-refractivity contribution >= 4 is 0 Å². The summed E-state index contributed by atoms with van der Waals surface area (Å²) >= 11 is 0. The molecule has 2 N–H and O–H groups in total. The molecule has 0 amide bonds. The van der Waals surface area contributed by atoms with E-state index in [9.17, 15) is 0 Å². The van der Waals surface area contributed by atoms with Gasteiger partial charge in [-0.25, -0.2) is 0 Å². The Morgan fingerprint density at radius 2 is 2.16 bits per heavy atom. The minimum absolute atomic E-state index is 0.266. The van der Waals surface area contributed by atoms with E-state index in [0.717, 1.165) is 25.0 Å². The zero-order valence-electron chi connectivity index (χ0n) is 11.6. The highest BCUT2D eigenvalue weighted by molar-refractivity contribution is 5.39. The van der Waals surface area contributed by atoms with Crippen LogP contribution in [0.2, 0.25) is 0 Å². The Hall–Kier alpha value is -1.61. The van der Waals surface area contributed by atoms with Crippen LogP contribution in [0.5, 0.6) is 0 Å². The van der Waals surface area contributed by atoms with Crippen LogP contribution in [0.3, 0.4) is 0 Å². The third-order valence-corrected chi connectivity index (χ3v) is 4.32. The summed E-state index contributed by atoms with van der Waals surface area (Å²) in [6.07, 6.45) is 4.98. The third-order valence-electron chi connectivity index (χ3n) is 4.32. The third kappa shape index (κ3) is 2.19. The van der Waals surface area contributed by atoms with Crippen LogP contribution in [0.25, 0.3) is 0 Å². The molecular weight excluding hydrogens is 234 g/mol. The van der Waals surface area contributed by atoms with Gasteiger partial charge in [-0.15, -0.1) is 0 Å². The highest BCUT2D eigenvalue weighted by atomic mass is 15.2. The van der Waals surface area contributed by atoms with E-state index in [4.69, 9.17) is 5.73 Å². The number of benzene rings is 1. The van der Waals surface area contributed by atoms with Crippen LogP contribution in [-0.4, -0.2) is 9.78 Å². The van der Waals surface area contributed by atoms with Crippen molar-refractivity contribution in [2.24, 2.45) is 12.8 Å². The Bertz CT molecular complexity index is 587. The number of hydrogen-bond acceptors (Lipinski definition) is 2. The largest absolute Gasteiger partial charge is 0.321 e. The second-order valence-electron chi connectivity index (χ2n) is 5.84. The topological polar surface area (TPSA) is 43.8 Å². The lowest BCUT2D eigenvalue weighted by Gasteiger charge is -2.38. The number of fused-ring (bicyclic) bond motifs is 1. The summed E-state index contributed by atoms with van der Waals surface area (Å²) in [5, 5.41) is 4.48. The average molecular weight is 255 g/mol. The molecule has 2 aromatic rings. The maximum Gasteiger partial charge on any atom is 0.0646 e. The first-order valence-electron chi connectivity index (χ1n) is 6.95. The molecule has 0 bridgehead atoms. The van der Waals surface area contributed by atoms with Crippen LogP contribution in [0, 0.1) is 0 Å². The van der Waals surface area contributed by atoms with Crippen molar-refractivity contribution in [3.8, 4) is 0 Å². The van der Waals surface area contributed by atoms with Gasteiger partial charge in [0.15, 0.2) is 0 Å². The van der Waals surface area contributed by atoms with Gasteiger partial charge in [-0.2, -0.15) is 5.10 Å². The molecule has 0 saturated carbocycles. The number of hydrogen-bond donors (Lipinski definition) is 1. The lowest BCUT2D eigenvalue weighted by molar-refractivity contribution is 0.345. The number of aromatic nitrogens is 2. The molecule has 1 aromatic carbocycles. The molecule has 2 unspecified atom stereocenters. The summed E-state index contributed by atoms with van der Waals surface area (Å²) < 4.78 is 1.84. The summed E-state index contributed by atoms with van der Waals surface area (Å²) in [5.74, 6) is 0.608. The summed E-state index contributed by atoms with van der Waals surface area (Å²) in [5.41, 5.74) is 10.3. The van der Waals surface area contributed by atoms with E-state index in [0.29, 0.717) is 5.92 Å². The van der Waals surface area contributed by atoms with Crippen LogP contribution >= 0.6 is 0 Å². The second kappa shape index (κ2) is 4.49. The van der Waals surface area contributed by atoms with Crippen molar-refractivity contribution in [1.29, 1.82) is 0 Å². The fourth-order valence-corrected chi connectivity index (χ4v) is 3.21. The molecule has 1 aliphatic rings. The first-order valence-corrected chi connectivity index (χ1v) is 6.95.